The maximum atomic E-state index is 5.32. The van der Waals surface area contributed by atoms with Crippen LogP contribution < -0.4 is 5.32 Å². The van der Waals surface area contributed by atoms with Gasteiger partial charge in [-0.3, -0.25) is 0 Å². The first-order valence-electron chi connectivity index (χ1n) is 15.0. The Morgan fingerprint density at radius 2 is 1.27 bits per heavy atom. The highest BCUT2D eigenvalue weighted by atomic mass is 32.2. The molecule has 0 atom stereocenters. The third-order valence-corrected chi connectivity index (χ3v) is 11.5. The van der Waals surface area contributed by atoms with Crippen molar-refractivity contribution in [2.45, 2.75) is 19.6 Å². The Bertz CT molecular complexity index is 2520. The standard InChI is InChI=1S/C40H23N3S2/c1-2-10-23(11-3-1)37-28-14-6-7-17-31(28)42-40(43-37)30-22-35-39-36-26(15-8-16-27(30)36)29-20-24-12-4-5-13-25(24)21-33(29)41-32-18-9-19-34(44-35)38(32)45-39/h1-22,41H. The lowest BCUT2D eigenvalue weighted by atomic mass is 9.92. The molecule has 2 aliphatic heterocycles. The van der Waals surface area contributed by atoms with Crippen LogP contribution in [0.5, 0.6) is 0 Å². The number of aromatic nitrogens is 2. The summed E-state index contributed by atoms with van der Waals surface area (Å²) in [5.74, 6) is 0.745. The number of hydrogen-bond donors (Lipinski definition) is 1. The zero-order valence-corrected chi connectivity index (χ0v) is 25.5. The summed E-state index contributed by atoms with van der Waals surface area (Å²) < 4.78 is 0. The Labute approximate surface area is 268 Å². The summed E-state index contributed by atoms with van der Waals surface area (Å²) in [6.45, 7) is 0. The van der Waals surface area contributed by atoms with Crippen molar-refractivity contribution in [1.29, 1.82) is 0 Å². The molecule has 0 saturated heterocycles. The molecular formula is C40H23N3S2. The van der Waals surface area contributed by atoms with Gasteiger partial charge in [-0.2, -0.15) is 0 Å². The lowest BCUT2D eigenvalue weighted by molar-refractivity contribution is 1.17. The molecule has 0 radical (unpaired) electrons. The smallest absolute Gasteiger partial charge is 0.161 e. The maximum absolute atomic E-state index is 5.32. The molecule has 8 aromatic rings. The van der Waals surface area contributed by atoms with Crippen LogP contribution in [0.3, 0.4) is 0 Å². The topological polar surface area (TPSA) is 37.8 Å². The molecule has 1 aromatic heterocycles. The van der Waals surface area contributed by atoms with Gasteiger partial charge in [0, 0.05) is 52.7 Å². The lowest BCUT2D eigenvalue weighted by Crippen LogP contribution is -1.99. The average molecular weight is 610 g/mol. The van der Waals surface area contributed by atoms with Crippen LogP contribution in [0, 0.1) is 0 Å². The fourth-order valence-electron chi connectivity index (χ4n) is 6.75. The Morgan fingerprint density at radius 3 is 2.18 bits per heavy atom. The molecule has 0 saturated carbocycles. The second-order valence-corrected chi connectivity index (χ2v) is 13.6. The first-order valence-corrected chi connectivity index (χ1v) is 16.6. The molecule has 10 rings (SSSR count). The summed E-state index contributed by atoms with van der Waals surface area (Å²) in [5, 5.41) is 9.77. The van der Waals surface area contributed by atoms with Crippen molar-refractivity contribution in [1.82, 2.24) is 9.97 Å². The van der Waals surface area contributed by atoms with Crippen LogP contribution in [0.1, 0.15) is 0 Å². The first-order chi connectivity index (χ1) is 22.3. The van der Waals surface area contributed by atoms with Crippen LogP contribution >= 0.6 is 23.5 Å². The predicted octanol–water partition coefficient (Wildman–Crippen LogP) is 11.6. The Morgan fingerprint density at radius 1 is 0.489 bits per heavy atom. The summed E-state index contributed by atoms with van der Waals surface area (Å²) in [5.41, 5.74) is 8.70. The van der Waals surface area contributed by atoms with E-state index in [2.05, 4.69) is 133 Å². The molecule has 0 aliphatic carbocycles. The van der Waals surface area contributed by atoms with Crippen molar-refractivity contribution in [3.05, 3.63) is 133 Å². The highest BCUT2D eigenvalue weighted by molar-refractivity contribution is 8.05. The van der Waals surface area contributed by atoms with E-state index in [-0.39, 0.29) is 0 Å². The van der Waals surface area contributed by atoms with E-state index in [1.807, 2.05) is 29.6 Å². The van der Waals surface area contributed by atoms with Gasteiger partial charge in [-0.1, -0.05) is 121 Å². The molecule has 210 valence electrons. The van der Waals surface area contributed by atoms with Crippen molar-refractivity contribution in [3.63, 3.8) is 0 Å². The Hall–Kier alpha value is -5.10. The first kappa shape index (κ1) is 25.2. The molecule has 7 aromatic carbocycles. The number of fused-ring (bicyclic) bond motifs is 4. The van der Waals surface area contributed by atoms with Gasteiger partial charge in [-0.05, 0) is 58.1 Å². The van der Waals surface area contributed by atoms with Crippen molar-refractivity contribution in [2.75, 3.05) is 5.32 Å². The molecule has 3 heterocycles. The van der Waals surface area contributed by atoms with E-state index in [0.717, 1.165) is 50.3 Å². The van der Waals surface area contributed by atoms with E-state index < -0.39 is 0 Å². The minimum Gasteiger partial charge on any atom is -0.354 e. The van der Waals surface area contributed by atoms with E-state index >= 15 is 0 Å². The number of para-hydroxylation sites is 1. The molecule has 3 nitrogen and oxygen atoms in total. The van der Waals surface area contributed by atoms with Crippen LogP contribution in [-0.2, 0) is 0 Å². The number of benzene rings is 7. The quantitative estimate of drug-likeness (QED) is 0.211. The van der Waals surface area contributed by atoms with E-state index in [0.29, 0.717) is 0 Å². The van der Waals surface area contributed by atoms with Crippen LogP contribution in [0.25, 0.3) is 66.2 Å². The fourth-order valence-corrected chi connectivity index (χ4v) is 9.29. The predicted molar refractivity (Wildman–Crippen MR) is 189 cm³/mol. The third-order valence-electron chi connectivity index (χ3n) is 8.82. The van der Waals surface area contributed by atoms with Gasteiger partial charge in [0.25, 0.3) is 0 Å². The highest BCUT2D eigenvalue weighted by Gasteiger charge is 2.28. The third kappa shape index (κ3) is 3.88. The molecular weight excluding hydrogens is 587 g/mol. The van der Waals surface area contributed by atoms with Crippen molar-refractivity contribution >= 4 is 67.3 Å². The zero-order chi connectivity index (χ0) is 29.5. The summed E-state index contributed by atoms with van der Waals surface area (Å²) in [6, 6.07) is 47.7. The number of hydrogen-bond acceptors (Lipinski definition) is 5. The van der Waals surface area contributed by atoms with Crippen LogP contribution in [-0.4, -0.2) is 9.97 Å². The van der Waals surface area contributed by atoms with Crippen molar-refractivity contribution < 1.29 is 0 Å². The van der Waals surface area contributed by atoms with Gasteiger partial charge in [0.1, 0.15) is 0 Å². The molecule has 1 N–H and O–H groups in total. The fraction of sp³-hybridized carbons (Fsp3) is 0. The molecule has 0 amide bonds. The van der Waals surface area contributed by atoms with Crippen molar-refractivity contribution in [2.24, 2.45) is 0 Å². The van der Waals surface area contributed by atoms with Crippen molar-refractivity contribution in [3.8, 4) is 33.8 Å². The summed E-state index contributed by atoms with van der Waals surface area (Å²) in [6.07, 6.45) is 0. The Kier molecular flexibility index (Phi) is 5.44. The van der Waals surface area contributed by atoms with Gasteiger partial charge in [0.05, 0.1) is 16.9 Å². The van der Waals surface area contributed by atoms with Gasteiger partial charge in [-0.25, -0.2) is 9.97 Å². The molecule has 2 bridgehead atoms. The largest absolute Gasteiger partial charge is 0.354 e. The zero-order valence-electron chi connectivity index (χ0n) is 23.9. The second-order valence-electron chi connectivity index (χ2n) is 11.5. The normalized spacial score (nSPS) is 12.9. The van der Waals surface area contributed by atoms with Gasteiger partial charge in [-0.15, -0.1) is 0 Å². The Balaban J connectivity index is 1.33. The summed E-state index contributed by atoms with van der Waals surface area (Å²) in [7, 11) is 0. The van der Waals surface area contributed by atoms with E-state index in [4.69, 9.17) is 9.97 Å². The number of nitrogens with one attached hydrogen (secondary N) is 1. The minimum absolute atomic E-state index is 0.745. The second kappa shape index (κ2) is 9.70. The monoisotopic (exact) mass is 609 g/mol. The van der Waals surface area contributed by atoms with E-state index in [9.17, 15) is 0 Å². The van der Waals surface area contributed by atoms with E-state index in [1.54, 1.807) is 0 Å². The average Bonchev–Trinajstić information content (AvgIpc) is 3.15. The van der Waals surface area contributed by atoms with E-state index in [1.165, 1.54) is 46.9 Å². The summed E-state index contributed by atoms with van der Waals surface area (Å²) >= 11 is 3.72. The highest BCUT2D eigenvalue weighted by Crippen LogP contribution is 2.58. The number of anilines is 2. The maximum Gasteiger partial charge on any atom is 0.161 e. The number of nitrogens with zero attached hydrogens (tertiary/aromatic N) is 2. The van der Waals surface area contributed by atoms with Crippen LogP contribution in [0.2, 0.25) is 0 Å². The number of rotatable bonds is 2. The summed E-state index contributed by atoms with van der Waals surface area (Å²) in [4.78, 5) is 15.6. The molecule has 0 spiro atoms. The molecule has 5 heteroatoms. The van der Waals surface area contributed by atoms with Gasteiger partial charge in [0.15, 0.2) is 5.82 Å². The van der Waals surface area contributed by atoms with Gasteiger partial charge < -0.3 is 5.32 Å². The molecule has 45 heavy (non-hydrogen) atoms. The lowest BCUT2D eigenvalue weighted by Gasteiger charge is -2.23. The minimum atomic E-state index is 0.745. The SMILES string of the molecule is c1ccc(-c2nc(-c3cc4c5c6c(cccc36)-c3cc6ccccc6cc3Nc3cccc(c3S5)S4)nc3ccccc23)cc1. The van der Waals surface area contributed by atoms with Crippen LogP contribution in [0.15, 0.2) is 153 Å². The molecule has 0 fully saturated rings. The van der Waals surface area contributed by atoms with Gasteiger partial charge >= 0.3 is 0 Å². The van der Waals surface area contributed by atoms with Gasteiger partial charge in [0.2, 0.25) is 0 Å². The molecule has 2 aliphatic rings. The molecule has 0 unspecified atom stereocenters. The van der Waals surface area contributed by atoms with Crippen LogP contribution in [0.4, 0.5) is 11.4 Å².